The van der Waals surface area contributed by atoms with Crippen LogP contribution in [0.15, 0.2) is 42.7 Å². The summed E-state index contributed by atoms with van der Waals surface area (Å²) in [5, 5.41) is 5.20. The van der Waals surface area contributed by atoms with E-state index in [2.05, 4.69) is 10.1 Å². The van der Waals surface area contributed by atoms with E-state index >= 15 is 0 Å². The zero-order valence-corrected chi connectivity index (χ0v) is 12.6. The molecule has 0 saturated carbocycles. The van der Waals surface area contributed by atoms with E-state index in [1.165, 1.54) is 0 Å². The molecule has 5 heteroatoms. The van der Waals surface area contributed by atoms with E-state index in [0.29, 0.717) is 10.8 Å². The molecule has 3 aromatic rings. The zero-order chi connectivity index (χ0) is 15.0. The number of rotatable bonds is 2. The molecule has 0 radical (unpaired) electrons. The fourth-order valence-corrected chi connectivity index (χ4v) is 2.67. The number of anilines is 1. The first-order chi connectivity index (χ1) is 10.1. The van der Waals surface area contributed by atoms with Gasteiger partial charge in [-0.2, -0.15) is 5.10 Å². The normalized spacial score (nSPS) is 10.8. The number of aryl methyl sites for hydroxylation is 2. The van der Waals surface area contributed by atoms with Gasteiger partial charge in [0.1, 0.15) is 11.5 Å². The smallest absolute Gasteiger partial charge is 0.129 e. The Morgan fingerprint density at radius 3 is 2.52 bits per heavy atom. The summed E-state index contributed by atoms with van der Waals surface area (Å²) in [7, 11) is 1.83. The molecule has 4 nitrogen and oxygen atoms in total. The molecule has 0 atom stereocenters. The molecule has 0 aliphatic carbocycles. The molecule has 21 heavy (non-hydrogen) atoms. The van der Waals surface area contributed by atoms with Gasteiger partial charge in [-0.3, -0.25) is 9.67 Å². The van der Waals surface area contributed by atoms with Crippen molar-refractivity contribution in [1.29, 1.82) is 0 Å². The van der Waals surface area contributed by atoms with Crippen LogP contribution in [0, 0.1) is 6.92 Å². The topological polar surface area (TPSA) is 56.7 Å². The molecule has 2 heterocycles. The molecule has 0 aliphatic rings. The molecule has 0 fully saturated rings. The largest absolute Gasteiger partial charge is 0.383 e. The average Bonchev–Trinajstić information content (AvgIpc) is 2.75. The van der Waals surface area contributed by atoms with Gasteiger partial charge in [0.2, 0.25) is 0 Å². The maximum absolute atomic E-state index is 6.38. The maximum atomic E-state index is 6.38. The summed E-state index contributed by atoms with van der Waals surface area (Å²) >= 11 is 6.38. The summed E-state index contributed by atoms with van der Waals surface area (Å²) in [6.45, 7) is 2.01. The predicted octanol–water partition coefficient (Wildman–Crippen LogP) is 3.69. The van der Waals surface area contributed by atoms with Crippen molar-refractivity contribution in [1.82, 2.24) is 14.8 Å². The first kappa shape index (κ1) is 13.6. The molecule has 2 N–H and O–H groups in total. The lowest BCUT2D eigenvalue weighted by molar-refractivity contribution is 0.782. The standard InChI is InChI=1S/C16H15ClN4/c1-10-3-4-12(13(17)9-10)15-14(16(18)21(2)20-15)11-5-7-19-8-6-11/h3-9H,18H2,1-2H3. The quantitative estimate of drug-likeness (QED) is 0.785. The van der Waals surface area contributed by atoms with Crippen LogP contribution in [0.5, 0.6) is 0 Å². The minimum absolute atomic E-state index is 0.604. The number of nitrogens with zero attached hydrogens (tertiary/aromatic N) is 3. The number of aromatic nitrogens is 3. The summed E-state index contributed by atoms with van der Waals surface area (Å²) in [6.07, 6.45) is 3.48. The summed E-state index contributed by atoms with van der Waals surface area (Å²) < 4.78 is 1.67. The van der Waals surface area contributed by atoms with Crippen molar-refractivity contribution in [3.05, 3.63) is 53.3 Å². The molecule has 3 rings (SSSR count). The van der Waals surface area contributed by atoms with E-state index in [1.54, 1.807) is 17.1 Å². The Labute approximate surface area is 128 Å². The van der Waals surface area contributed by atoms with E-state index in [0.717, 1.165) is 27.9 Å². The molecular formula is C16H15ClN4. The number of halogens is 1. The first-order valence-corrected chi connectivity index (χ1v) is 6.95. The summed E-state index contributed by atoms with van der Waals surface area (Å²) in [5.41, 5.74) is 10.8. The van der Waals surface area contributed by atoms with Gasteiger partial charge in [0.15, 0.2) is 0 Å². The first-order valence-electron chi connectivity index (χ1n) is 6.57. The van der Waals surface area contributed by atoms with Gasteiger partial charge in [-0.25, -0.2) is 0 Å². The van der Waals surface area contributed by atoms with E-state index < -0.39 is 0 Å². The molecular weight excluding hydrogens is 284 g/mol. The minimum atomic E-state index is 0.604. The zero-order valence-electron chi connectivity index (χ0n) is 11.8. The van der Waals surface area contributed by atoms with Crippen LogP contribution >= 0.6 is 11.6 Å². The van der Waals surface area contributed by atoms with Gasteiger partial charge >= 0.3 is 0 Å². The highest BCUT2D eigenvalue weighted by molar-refractivity contribution is 6.33. The molecule has 2 aromatic heterocycles. The van der Waals surface area contributed by atoms with Gasteiger partial charge in [0.05, 0.1) is 10.6 Å². The van der Waals surface area contributed by atoms with Crippen LogP contribution < -0.4 is 5.73 Å². The Hall–Kier alpha value is -2.33. The van der Waals surface area contributed by atoms with Crippen molar-refractivity contribution in [2.24, 2.45) is 7.05 Å². The number of nitrogens with two attached hydrogens (primary N) is 1. The molecule has 0 saturated heterocycles. The molecule has 0 bridgehead atoms. The van der Waals surface area contributed by atoms with Gasteiger partial charge in [0.25, 0.3) is 0 Å². The van der Waals surface area contributed by atoms with Crippen LogP contribution in [0.4, 0.5) is 5.82 Å². The Morgan fingerprint density at radius 1 is 1.14 bits per heavy atom. The molecule has 0 spiro atoms. The molecule has 0 unspecified atom stereocenters. The van der Waals surface area contributed by atoms with Crippen LogP contribution in [0.2, 0.25) is 5.02 Å². The number of nitrogen functional groups attached to an aromatic ring is 1. The Balaban J connectivity index is 2.27. The average molecular weight is 299 g/mol. The molecule has 0 amide bonds. The van der Waals surface area contributed by atoms with Crippen LogP contribution in [0.3, 0.4) is 0 Å². The summed E-state index contributed by atoms with van der Waals surface area (Å²) in [6, 6.07) is 9.75. The fraction of sp³-hybridized carbons (Fsp3) is 0.125. The van der Waals surface area contributed by atoms with Crippen molar-refractivity contribution in [3.63, 3.8) is 0 Å². The van der Waals surface area contributed by atoms with E-state index in [1.807, 2.05) is 44.3 Å². The second kappa shape index (κ2) is 5.22. The Morgan fingerprint density at radius 2 is 1.86 bits per heavy atom. The van der Waals surface area contributed by atoms with Gasteiger partial charge < -0.3 is 5.73 Å². The predicted molar refractivity (Wildman–Crippen MR) is 86.0 cm³/mol. The van der Waals surface area contributed by atoms with Gasteiger partial charge in [0, 0.05) is 25.0 Å². The highest BCUT2D eigenvalue weighted by atomic mass is 35.5. The van der Waals surface area contributed by atoms with Gasteiger partial charge in [-0.05, 0) is 36.2 Å². The van der Waals surface area contributed by atoms with E-state index in [9.17, 15) is 0 Å². The highest BCUT2D eigenvalue weighted by Gasteiger charge is 2.19. The number of hydrogen-bond acceptors (Lipinski definition) is 3. The fourth-order valence-electron chi connectivity index (χ4n) is 2.34. The van der Waals surface area contributed by atoms with Crippen LogP contribution in [-0.2, 0) is 7.05 Å². The van der Waals surface area contributed by atoms with Crippen molar-refractivity contribution in [2.45, 2.75) is 6.92 Å². The van der Waals surface area contributed by atoms with Crippen LogP contribution in [0.1, 0.15) is 5.56 Å². The number of hydrogen-bond donors (Lipinski definition) is 1. The molecule has 106 valence electrons. The SMILES string of the molecule is Cc1ccc(-c2nn(C)c(N)c2-c2ccncc2)c(Cl)c1. The van der Waals surface area contributed by atoms with Crippen molar-refractivity contribution < 1.29 is 0 Å². The Kier molecular flexibility index (Phi) is 3.39. The molecule has 0 aliphatic heterocycles. The third-order valence-corrected chi connectivity index (χ3v) is 3.75. The third kappa shape index (κ3) is 2.38. The monoisotopic (exact) mass is 298 g/mol. The second-order valence-corrected chi connectivity index (χ2v) is 5.36. The van der Waals surface area contributed by atoms with Crippen molar-refractivity contribution in [3.8, 4) is 22.4 Å². The summed E-state index contributed by atoms with van der Waals surface area (Å²) in [4.78, 5) is 4.04. The second-order valence-electron chi connectivity index (χ2n) is 4.95. The van der Waals surface area contributed by atoms with Gasteiger partial charge in [-0.1, -0.05) is 23.7 Å². The maximum Gasteiger partial charge on any atom is 0.129 e. The highest BCUT2D eigenvalue weighted by Crippen LogP contribution is 2.38. The van der Waals surface area contributed by atoms with Crippen molar-refractivity contribution >= 4 is 17.4 Å². The number of pyridine rings is 1. The molecule has 1 aromatic carbocycles. The minimum Gasteiger partial charge on any atom is -0.383 e. The third-order valence-electron chi connectivity index (χ3n) is 3.44. The lowest BCUT2D eigenvalue weighted by atomic mass is 10.0. The van der Waals surface area contributed by atoms with Gasteiger partial charge in [-0.15, -0.1) is 0 Å². The van der Waals surface area contributed by atoms with Crippen molar-refractivity contribution in [2.75, 3.05) is 5.73 Å². The van der Waals surface area contributed by atoms with E-state index in [4.69, 9.17) is 17.3 Å². The lowest BCUT2D eigenvalue weighted by Gasteiger charge is -2.06. The summed E-state index contributed by atoms with van der Waals surface area (Å²) in [5.74, 6) is 0.604. The van der Waals surface area contributed by atoms with E-state index in [-0.39, 0.29) is 0 Å². The Bertz CT molecular complexity index is 794. The number of benzene rings is 1. The van der Waals surface area contributed by atoms with Crippen LogP contribution in [0.25, 0.3) is 22.4 Å². The lowest BCUT2D eigenvalue weighted by Crippen LogP contribution is -1.97. The van der Waals surface area contributed by atoms with Crippen LogP contribution in [-0.4, -0.2) is 14.8 Å².